The first kappa shape index (κ1) is 16.3. The third-order valence-corrected chi connectivity index (χ3v) is 6.89. The third-order valence-electron chi connectivity index (χ3n) is 6.89. The summed E-state index contributed by atoms with van der Waals surface area (Å²) in [5.41, 5.74) is 1.26. The van der Waals surface area contributed by atoms with E-state index >= 15 is 0 Å². The van der Waals surface area contributed by atoms with Crippen LogP contribution in [0.3, 0.4) is 0 Å². The number of hydrogen-bond acceptors (Lipinski definition) is 6. The average Bonchev–Trinajstić information content (AvgIpc) is 2.95. The van der Waals surface area contributed by atoms with Gasteiger partial charge in [-0.2, -0.15) is 0 Å². The van der Waals surface area contributed by atoms with E-state index in [-0.39, 0.29) is 18.6 Å². The smallest absolute Gasteiger partial charge is 0.307 e. The molecule has 2 heterocycles. The molecular weight excluding hydrogens is 334 g/mol. The minimum Gasteiger partial charge on any atom is -0.481 e. The number of aliphatic hydroxyl groups is 2. The zero-order valence-electron chi connectivity index (χ0n) is 15.0. The maximum absolute atomic E-state index is 11.9. The van der Waals surface area contributed by atoms with Gasteiger partial charge in [0.25, 0.3) is 0 Å². The van der Waals surface area contributed by atoms with Crippen molar-refractivity contribution in [3.63, 3.8) is 0 Å². The number of piperidine rings is 1. The molecule has 26 heavy (non-hydrogen) atoms. The summed E-state index contributed by atoms with van der Waals surface area (Å²) in [7, 11) is 2.06. The van der Waals surface area contributed by atoms with Crippen LogP contribution in [0.15, 0.2) is 24.0 Å². The molecular formula is C20H23NO5. The van der Waals surface area contributed by atoms with Gasteiger partial charge in [-0.05, 0) is 38.1 Å². The van der Waals surface area contributed by atoms with E-state index in [2.05, 4.69) is 11.9 Å². The lowest BCUT2D eigenvalue weighted by molar-refractivity contribution is -0.168. The second-order valence-electron chi connectivity index (χ2n) is 7.99. The molecule has 4 atom stereocenters. The van der Waals surface area contributed by atoms with Crippen LogP contribution in [0.25, 0.3) is 0 Å². The lowest BCUT2D eigenvalue weighted by Gasteiger charge is -2.61. The Kier molecular flexibility index (Phi) is 3.19. The van der Waals surface area contributed by atoms with E-state index in [1.165, 1.54) is 6.92 Å². The molecule has 0 radical (unpaired) electrons. The number of carbonyl (C=O) groups excluding carboxylic acids is 1. The fraction of sp³-hybridized carbons (Fsp3) is 0.550. The Morgan fingerprint density at radius 1 is 1.46 bits per heavy atom. The summed E-state index contributed by atoms with van der Waals surface area (Å²) in [6.45, 7) is 2.09. The molecule has 1 aromatic carbocycles. The van der Waals surface area contributed by atoms with Crippen LogP contribution in [0.1, 0.15) is 36.5 Å². The van der Waals surface area contributed by atoms with Crippen molar-refractivity contribution in [3.8, 4) is 5.75 Å². The van der Waals surface area contributed by atoms with Crippen molar-refractivity contribution in [2.45, 2.75) is 56.0 Å². The molecule has 6 nitrogen and oxygen atoms in total. The maximum atomic E-state index is 11.9. The van der Waals surface area contributed by atoms with Gasteiger partial charge < -0.3 is 24.6 Å². The highest BCUT2D eigenvalue weighted by molar-refractivity contribution is 5.69. The van der Waals surface area contributed by atoms with Crippen molar-refractivity contribution in [1.29, 1.82) is 0 Å². The summed E-state index contributed by atoms with van der Waals surface area (Å²) in [4.78, 5) is 13.9. The largest absolute Gasteiger partial charge is 0.481 e. The third kappa shape index (κ3) is 1.70. The molecule has 0 unspecified atom stereocenters. The van der Waals surface area contributed by atoms with E-state index in [0.29, 0.717) is 24.4 Å². The van der Waals surface area contributed by atoms with Crippen LogP contribution in [0.5, 0.6) is 5.75 Å². The molecule has 2 bridgehead atoms. The van der Waals surface area contributed by atoms with Crippen molar-refractivity contribution in [3.05, 3.63) is 40.7 Å². The number of carbonyl (C=O) groups is 1. The van der Waals surface area contributed by atoms with Crippen LogP contribution in [0.4, 0.5) is 0 Å². The molecule has 0 aromatic heterocycles. The summed E-state index contributed by atoms with van der Waals surface area (Å²) in [6, 6.07) is 3.93. The molecule has 1 aromatic rings. The molecule has 2 N–H and O–H groups in total. The number of nitrogens with zero attached hydrogens (tertiary/aromatic N) is 1. The lowest BCUT2D eigenvalue weighted by Crippen LogP contribution is -2.74. The molecule has 5 rings (SSSR count). The second-order valence-corrected chi connectivity index (χ2v) is 7.99. The van der Waals surface area contributed by atoms with Gasteiger partial charge >= 0.3 is 5.97 Å². The van der Waals surface area contributed by atoms with Crippen molar-refractivity contribution >= 4 is 5.97 Å². The van der Waals surface area contributed by atoms with Crippen LogP contribution in [-0.2, 0) is 28.0 Å². The Morgan fingerprint density at radius 3 is 3.00 bits per heavy atom. The number of esters is 1. The quantitative estimate of drug-likeness (QED) is 0.770. The molecule has 0 saturated carbocycles. The van der Waals surface area contributed by atoms with Gasteiger partial charge in [0.1, 0.15) is 11.5 Å². The maximum Gasteiger partial charge on any atom is 0.307 e. The highest BCUT2D eigenvalue weighted by Gasteiger charge is 2.71. The molecule has 6 heteroatoms. The molecule has 4 aliphatic rings. The fourth-order valence-corrected chi connectivity index (χ4v) is 5.80. The Hall–Kier alpha value is -1.89. The van der Waals surface area contributed by atoms with Gasteiger partial charge in [0.15, 0.2) is 6.10 Å². The van der Waals surface area contributed by atoms with E-state index in [1.54, 1.807) is 0 Å². The number of rotatable bonds is 2. The van der Waals surface area contributed by atoms with Crippen molar-refractivity contribution in [2.24, 2.45) is 0 Å². The standard InChI is InChI=1S/C20H23NO5/c1-11(23)25-14-5-6-20(24)15-9-12-3-4-13(10-22)17-16(12)19(20,18(14)26-17)7-8-21(15)2/h3-5,15,18,22,24H,6-10H2,1-2H3/t15-,18+,19+,20-/m1/s1. The van der Waals surface area contributed by atoms with E-state index in [4.69, 9.17) is 9.47 Å². The fourth-order valence-electron chi connectivity index (χ4n) is 5.80. The summed E-state index contributed by atoms with van der Waals surface area (Å²) >= 11 is 0. The molecule has 1 saturated heterocycles. The highest BCUT2D eigenvalue weighted by atomic mass is 16.6. The van der Waals surface area contributed by atoms with Crippen molar-refractivity contribution < 1.29 is 24.5 Å². The SMILES string of the molecule is CC(=O)OC1=CC[C@@]2(O)[C@H]3Cc4ccc(CO)c5c4[C@@]2(CCN3C)[C@H]1O5. The zero-order chi connectivity index (χ0) is 18.3. The average molecular weight is 357 g/mol. The number of aliphatic hydroxyl groups excluding tert-OH is 1. The van der Waals surface area contributed by atoms with E-state index in [9.17, 15) is 15.0 Å². The minimum atomic E-state index is -0.985. The van der Waals surface area contributed by atoms with E-state index in [1.807, 2.05) is 18.2 Å². The van der Waals surface area contributed by atoms with Gasteiger partial charge in [0.05, 0.1) is 17.6 Å². The number of likely N-dealkylation sites (N-methyl/N-ethyl adjacent to an activating group) is 1. The van der Waals surface area contributed by atoms with Crippen molar-refractivity contribution in [2.75, 3.05) is 13.6 Å². The van der Waals surface area contributed by atoms with Crippen LogP contribution in [0.2, 0.25) is 0 Å². The molecule has 138 valence electrons. The Morgan fingerprint density at radius 2 is 2.27 bits per heavy atom. The molecule has 0 amide bonds. The number of likely N-dealkylation sites (tertiary alicyclic amines) is 1. The first-order valence-electron chi connectivity index (χ1n) is 9.16. The normalized spacial score (nSPS) is 36.8. The van der Waals surface area contributed by atoms with E-state index in [0.717, 1.165) is 29.7 Å². The summed E-state index contributed by atoms with van der Waals surface area (Å²) in [5, 5.41) is 21.7. The number of hydrogen-bond donors (Lipinski definition) is 2. The van der Waals surface area contributed by atoms with Gasteiger partial charge in [-0.25, -0.2) is 0 Å². The molecule has 1 fully saturated rings. The molecule has 2 aliphatic carbocycles. The highest BCUT2D eigenvalue weighted by Crippen LogP contribution is 2.64. The van der Waals surface area contributed by atoms with Crippen molar-refractivity contribution in [1.82, 2.24) is 4.90 Å². The van der Waals surface area contributed by atoms with Crippen LogP contribution in [-0.4, -0.2) is 52.4 Å². The summed E-state index contributed by atoms with van der Waals surface area (Å²) in [5.74, 6) is 0.760. The topological polar surface area (TPSA) is 79.2 Å². The Bertz CT molecular complexity index is 849. The summed E-state index contributed by atoms with van der Waals surface area (Å²) < 4.78 is 11.8. The molecule has 1 spiro atoms. The second kappa shape index (κ2) is 5.09. The predicted octanol–water partition coefficient (Wildman–Crippen LogP) is 1.02. The lowest BCUT2D eigenvalue weighted by atomic mass is 9.50. The Labute approximate surface area is 152 Å². The van der Waals surface area contributed by atoms with Gasteiger partial charge in [0, 0.05) is 30.5 Å². The monoisotopic (exact) mass is 357 g/mol. The van der Waals surface area contributed by atoms with Gasteiger partial charge in [-0.3, -0.25) is 4.79 Å². The van der Waals surface area contributed by atoms with Gasteiger partial charge in [0.2, 0.25) is 0 Å². The van der Waals surface area contributed by atoms with Gasteiger partial charge in [-0.15, -0.1) is 0 Å². The summed E-state index contributed by atoms with van der Waals surface area (Å²) in [6.07, 6.45) is 3.16. The first-order valence-corrected chi connectivity index (χ1v) is 9.16. The van der Waals surface area contributed by atoms with Crippen LogP contribution < -0.4 is 4.74 Å². The molecule has 2 aliphatic heterocycles. The minimum absolute atomic E-state index is 0.0177. The van der Waals surface area contributed by atoms with Gasteiger partial charge in [-0.1, -0.05) is 12.1 Å². The zero-order valence-corrected chi connectivity index (χ0v) is 15.0. The number of ether oxygens (including phenoxy) is 2. The number of benzene rings is 1. The van der Waals surface area contributed by atoms with Crippen LogP contribution >= 0.6 is 0 Å². The first-order chi connectivity index (χ1) is 12.4. The van der Waals surface area contributed by atoms with Crippen LogP contribution in [0, 0.1) is 0 Å². The Balaban J connectivity index is 1.79. The van der Waals surface area contributed by atoms with E-state index < -0.39 is 17.1 Å². The predicted molar refractivity (Wildman–Crippen MR) is 92.6 cm³/mol.